The molecule has 0 aliphatic carbocycles. The van der Waals surface area contributed by atoms with Crippen LogP contribution in [0.4, 0.5) is 0 Å². The Morgan fingerprint density at radius 2 is 1.87 bits per heavy atom. The van der Waals surface area contributed by atoms with Crippen LogP contribution in [0, 0.1) is 5.92 Å². The van der Waals surface area contributed by atoms with Gasteiger partial charge in [0.05, 0.1) is 13.7 Å². The lowest BCUT2D eigenvalue weighted by molar-refractivity contribution is -0.141. The van der Waals surface area contributed by atoms with E-state index >= 15 is 0 Å². The van der Waals surface area contributed by atoms with E-state index in [1.165, 1.54) is 5.56 Å². The van der Waals surface area contributed by atoms with Crippen LogP contribution in [0.15, 0.2) is 40.8 Å². The fraction of sp³-hybridized carbons (Fsp3) is 0.542. The van der Waals surface area contributed by atoms with E-state index in [1.807, 2.05) is 24.3 Å². The van der Waals surface area contributed by atoms with Gasteiger partial charge in [0.2, 0.25) is 5.91 Å². The monoisotopic (exact) mass is 412 g/mol. The maximum Gasteiger partial charge on any atom is 0.222 e. The molecule has 2 aromatic rings. The predicted octanol–water partition coefficient (Wildman–Crippen LogP) is 3.49. The van der Waals surface area contributed by atoms with Gasteiger partial charge in [-0.25, -0.2) is 0 Å². The second-order valence-corrected chi connectivity index (χ2v) is 8.38. The third kappa shape index (κ3) is 4.87. The maximum atomic E-state index is 12.7. The highest BCUT2D eigenvalue weighted by atomic mass is 16.5. The molecule has 2 aliphatic heterocycles. The van der Waals surface area contributed by atoms with E-state index in [2.05, 4.69) is 21.9 Å². The van der Waals surface area contributed by atoms with Gasteiger partial charge >= 0.3 is 0 Å². The number of piperidine rings is 2. The van der Waals surface area contributed by atoms with Crippen LogP contribution in [0.25, 0.3) is 0 Å². The molecule has 2 atom stereocenters. The first-order chi connectivity index (χ1) is 14.7. The highest BCUT2D eigenvalue weighted by Gasteiger charge is 2.39. The molecule has 2 aliphatic rings. The van der Waals surface area contributed by atoms with Crippen molar-refractivity contribution < 1.29 is 18.7 Å². The Morgan fingerprint density at radius 1 is 1.07 bits per heavy atom. The van der Waals surface area contributed by atoms with E-state index in [1.54, 1.807) is 14.2 Å². The van der Waals surface area contributed by atoms with Crippen LogP contribution >= 0.6 is 0 Å². The molecule has 0 unspecified atom stereocenters. The molecule has 6 nitrogen and oxygen atoms in total. The van der Waals surface area contributed by atoms with Crippen LogP contribution in [-0.4, -0.2) is 55.6 Å². The lowest BCUT2D eigenvalue weighted by Gasteiger charge is -2.47. The molecular weight excluding hydrogens is 380 g/mol. The molecular formula is C24H32N2O4. The van der Waals surface area contributed by atoms with E-state index in [0.717, 1.165) is 62.7 Å². The average Bonchev–Trinajstić information content (AvgIpc) is 3.20. The second kappa shape index (κ2) is 9.67. The molecule has 30 heavy (non-hydrogen) atoms. The van der Waals surface area contributed by atoms with Crippen molar-refractivity contribution in [1.82, 2.24) is 9.80 Å². The Kier molecular flexibility index (Phi) is 6.75. The molecule has 0 N–H and O–H groups in total. The normalized spacial score (nSPS) is 22.2. The van der Waals surface area contributed by atoms with Crippen LogP contribution in [-0.2, 0) is 29.1 Å². The van der Waals surface area contributed by atoms with Crippen LogP contribution in [0.3, 0.4) is 0 Å². The first kappa shape index (κ1) is 20.9. The van der Waals surface area contributed by atoms with Crippen LogP contribution in [0.2, 0.25) is 0 Å². The summed E-state index contributed by atoms with van der Waals surface area (Å²) < 4.78 is 16.2. The van der Waals surface area contributed by atoms with Crippen molar-refractivity contribution in [2.75, 3.05) is 33.9 Å². The Bertz CT molecular complexity index is 832. The number of rotatable bonds is 8. The molecule has 0 radical (unpaired) electrons. The number of benzene rings is 1. The third-order valence-electron chi connectivity index (χ3n) is 6.41. The molecule has 2 fully saturated rings. The van der Waals surface area contributed by atoms with E-state index in [0.29, 0.717) is 30.9 Å². The molecule has 0 saturated carbocycles. The fourth-order valence-electron chi connectivity index (χ4n) is 4.85. The highest BCUT2D eigenvalue weighted by Crippen LogP contribution is 2.32. The summed E-state index contributed by atoms with van der Waals surface area (Å²) in [7, 11) is 3.36. The van der Waals surface area contributed by atoms with Gasteiger partial charge in [-0.2, -0.15) is 0 Å². The van der Waals surface area contributed by atoms with Gasteiger partial charge in [-0.15, -0.1) is 0 Å². The Labute approximate surface area is 178 Å². The Morgan fingerprint density at radius 3 is 2.63 bits per heavy atom. The Hall–Kier alpha value is -2.31. The molecule has 3 heterocycles. The molecule has 1 aromatic carbocycles. The average molecular weight is 413 g/mol. The van der Waals surface area contributed by atoms with Crippen LogP contribution < -0.4 is 4.74 Å². The summed E-state index contributed by atoms with van der Waals surface area (Å²) in [5.74, 6) is 3.58. The number of nitrogens with zero attached hydrogens (tertiary/aromatic N) is 2. The highest BCUT2D eigenvalue weighted by molar-refractivity contribution is 5.77. The SMILES string of the molecule is COCc1ccc(CN2CC[C@H]3[C@H](CCC(=O)N3CCc3ccc(OC)cc3)C2)o1. The van der Waals surface area contributed by atoms with Gasteiger partial charge in [-0.1, -0.05) is 12.1 Å². The summed E-state index contributed by atoms with van der Waals surface area (Å²) in [4.78, 5) is 17.3. The number of likely N-dealkylation sites (tertiary alicyclic amines) is 2. The number of carbonyl (C=O) groups excluding carboxylic acids is 1. The molecule has 6 heteroatoms. The topological polar surface area (TPSA) is 55.2 Å². The number of hydrogen-bond acceptors (Lipinski definition) is 5. The summed E-state index contributed by atoms with van der Waals surface area (Å²) in [5.41, 5.74) is 1.24. The fourth-order valence-corrected chi connectivity index (χ4v) is 4.85. The number of carbonyl (C=O) groups is 1. The molecule has 2 saturated heterocycles. The van der Waals surface area contributed by atoms with Gasteiger partial charge in [0.15, 0.2) is 0 Å². The zero-order valence-corrected chi connectivity index (χ0v) is 18.0. The first-order valence-corrected chi connectivity index (χ1v) is 10.9. The van der Waals surface area contributed by atoms with Gasteiger partial charge in [0.25, 0.3) is 0 Å². The van der Waals surface area contributed by atoms with Crippen molar-refractivity contribution in [2.24, 2.45) is 5.92 Å². The quantitative estimate of drug-likeness (QED) is 0.664. The van der Waals surface area contributed by atoms with E-state index in [-0.39, 0.29) is 0 Å². The number of fused-ring (bicyclic) bond motifs is 1. The van der Waals surface area contributed by atoms with Gasteiger partial charge in [0, 0.05) is 39.2 Å². The van der Waals surface area contributed by atoms with Gasteiger partial charge < -0.3 is 18.8 Å². The molecule has 0 spiro atoms. The molecule has 1 aromatic heterocycles. The van der Waals surface area contributed by atoms with Crippen molar-refractivity contribution in [3.63, 3.8) is 0 Å². The van der Waals surface area contributed by atoms with Crippen LogP contribution in [0.1, 0.15) is 36.3 Å². The summed E-state index contributed by atoms with van der Waals surface area (Å²) in [6, 6.07) is 12.6. The predicted molar refractivity (Wildman–Crippen MR) is 114 cm³/mol. The zero-order valence-electron chi connectivity index (χ0n) is 18.0. The largest absolute Gasteiger partial charge is 0.497 e. The summed E-state index contributed by atoms with van der Waals surface area (Å²) in [5, 5.41) is 0. The minimum absolute atomic E-state index is 0.313. The van der Waals surface area contributed by atoms with Crippen molar-refractivity contribution in [2.45, 2.75) is 44.9 Å². The first-order valence-electron chi connectivity index (χ1n) is 10.9. The number of ether oxygens (including phenoxy) is 2. The third-order valence-corrected chi connectivity index (χ3v) is 6.41. The zero-order chi connectivity index (χ0) is 20.9. The van der Waals surface area contributed by atoms with Crippen molar-refractivity contribution in [3.8, 4) is 5.75 Å². The summed E-state index contributed by atoms with van der Waals surface area (Å²) in [6.45, 7) is 4.15. The van der Waals surface area contributed by atoms with Gasteiger partial charge in [0.1, 0.15) is 23.9 Å². The smallest absolute Gasteiger partial charge is 0.222 e. The van der Waals surface area contributed by atoms with E-state index in [4.69, 9.17) is 13.9 Å². The van der Waals surface area contributed by atoms with Crippen molar-refractivity contribution in [1.29, 1.82) is 0 Å². The van der Waals surface area contributed by atoms with Crippen molar-refractivity contribution in [3.05, 3.63) is 53.5 Å². The van der Waals surface area contributed by atoms with E-state index < -0.39 is 0 Å². The number of methoxy groups -OCH3 is 2. The summed E-state index contributed by atoms with van der Waals surface area (Å²) >= 11 is 0. The number of amides is 1. The molecule has 162 valence electrons. The summed E-state index contributed by atoms with van der Waals surface area (Å²) in [6.07, 6.45) is 3.57. The van der Waals surface area contributed by atoms with Gasteiger partial charge in [-0.3, -0.25) is 9.69 Å². The minimum Gasteiger partial charge on any atom is -0.497 e. The molecule has 1 amide bonds. The van der Waals surface area contributed by atoms with Crippen LogP contribution in [0.5, 0.6) is 5.75 Å². The van der Waals surface area contributed by atoms with Crippen molar-refractivity contribution >= 4 is 5.91 Å². The lowest BCUT2D eigenvalue weighted by Crippen LogP contribution is -2.56. The standard InChI is InChI=1S/C24H32N2O4/c1-28-17-22-9-8-21(30-22)16-25-13-12-23-19(15-25)5-10-24(27)26(23)14-11-18-3-6-20(29-2)7-4-18/h3-4,6-9,19,23H,5,10-17H2,1-2H3/t19-,23+/m1/s1. The minimum atomic E-state index is 0.313. The Balaban J connectivity index is 1.33. The maximum absolute atomic E-state index is 12.7. The molecule has 4 rings (SSSR count). The number of furan rings is 1. The second-order valence-electron chi connectivity index (χ2n) is 8.38. The molecule has 0 bridgehead atoms. The lowest BCUT2D eigenvalue weighted by atomic mass is 9.83. The number of hydrogen-bond donors (Lipinski definition) is 0. The van der Waals surface area contributed by atoms with Gasteiger partial charge in [-0.05, 0) is 55.0 Å². The van der Waals surface area contributed by atoms with E-state index in [9.17, 15) is 4.79 Å².